The lowest BCUT2D eigenvalue weighted by molar-refractivity contribution is 0.0697. The number of benzene rings is 1. The molecule has 0 spiro atoms. The average Bonchev–Trinajstić information content (AvgIpc) is 3.12. The van der Waals surface area contributed by atoms with Gasteiger partial charge in [-0.3, -0.25) is 4.79 Å². The molecule has 0 unspecified atom stereocenters. The number of ether oxygens (including phenoxy) is 2. The van der Waals surface area contributed by atoms with Crippen molar-refractivity contribution >= 4 is 28.2 Å². The number of aromatic carboxylic acids is 1. The maximum atomic E-state index is 12.6. The quantitative estimate of drug-likeness (QED) is 0.817. The molecule has 1 aromatic heterocycles. The highest BCUT2D eigenvalue weighted by atomic mass is 32.1. The van der Waals surface area contributed by atoms with E-state index in [0.29, 0.717) is 22.1 Å². The van der Waals surface area contributed by atoms with Gasteiger partial charge in [-0.2, -0.15) is 0 Å². The van der Waals surface area contributed by atoms with Crippen molar-refractivity contribution in [2.45, 2.75) is 32.1 Å². The van der Waals surface area contributed by atoms with E-state index in [2.05, 4.69) is 5.32 Å². The molecule has 2 aliphatic rings. The second-order valence-corrected chi connectivity index (χ2v) is 7.20. The zero-order chi connectivity index (χ0) is 17.4. The van der Waals surface area contributed by atoms with Gasteiger partial charge in [0.1, 0.15) is 5.00 Å². The van der Waals surface area contributed by atoms with Gasteiger partial charge < -0.3 is 19.9 Å². The van der Waals surface area contributed by atoms with Crippen molar-refractivity contribution in [3.63, 3.8) is 0 Å². The molecule has 0 atom stereocenters. The lowest BCUT2D eigenvalue weighted by Crippen LogP contribution is -2.14. The molecular formula is C18H17NO5S. The highest BCUT2D eigenvalue weighted by molar-refractivity contribution is 7.17. The largest absolute Gasteiger partial charge is 0.478 e. The van der Waals surface area contributed by atoms with E-state index in [1.165, 1.54) is 11.3 Å². The molecular weight excluding hydrogens is 342 g/mol. The standard InChI is InChI=1S/C18H17NO5S/c20-16(10-6-7-12-13(8-10)24-9-23-12)19-17-15(18(21)22)11-4-2-1-3-5-14(11)25-17/h6-8H,1-5,9H2,(H,19,20)(H,21,22). The number of fused-ring (bicyclic) bond motifs is 2. The van der Waals surface area contributed by atoms with Gasteiger partial charge >= 0.3 is 5.97 Å². The Kier molecular flexibility index (Phi) is 4.09. The van der Waals surface area contributed by atoms with Crippen LogP contribution in [-0.4, -0.2) is 23.8 Å². The van der Waals surface area contributed by atoms with Crippen molar-refractivity contribution in [1.82, 2.24) is 0 Å². The van der Waals surface area contributed by atoms with Crippen molar-refractivity contribution < 1.29 is 24.2 Å². The van der Waals surface area contributed by atoms with E-state index in [4.69, 9.17) is 9.47 Å². The monoisotopic (exact) mass is 359 g/mol. The van der Waals surface area contributed by atoms with Crippen LogP contribution in [0.15, 0.2) is 18.2 Å². The summed E-state index contributed by atoms with van der Waals surface area (Å²) in [4.78, 5) is 25.4. The molecule has 0 radical (unpaired) electrons. The first kappa shape index (κ1) is 16.0. The number of nitrogens with one attached hydrogen (secondary N) is 1. The Morgan fingerprint density at radius 3 is 2.72 bits per heavy atom. The van der Waals surface area contributed by atoms with Gasteiger partial charge in [0.2, 0.25) is 6.79 Å². The van der Waals surface area contributed by atoms with Crippen molar-refractivity contribution in [3.8, 4) is 11.5 Å². The van der Waals surface area contributed by atoms with E-state index >= 15 is 0 Å². The molecule has 1 amide bonds. The van der Waals surface area contributed by atoms with Gasteiger partial charge in [-0.25, -0.2) is 4.79 Å². The van der Waals surface area contributed by atoms with E-state index in [9.17, 15) is 14.7 Å². The molecule has 2 aromatic rings. The van der Waals surface area contributed by atoms with Crippen LogP contribution in [0.2, 0.25) is 0 Å². The predicted molar refractivity (Wildman–Crippen MR) is 93.1 cm³/mol. The Bertz CT molecular complexity index is 857. The van der Waals surface area contributed by atoms with E-state index in [-0.39, 0.29) is 18.3 Å². The van der Waals surface area contributed by atoms with Gasteiger partial charge in [-0.1, -0.05) is 6.42 Å². The first-order chi connectivity index (χ1) is 12.1. The molecule has 0 bridgehead atoms. The van der Waals surface area contributed by atoms with Crippen molar-refractivity contribution in [1.29, 1.82) is 0 Å². The zero-order valence-corrected chi connectivity index (χ0v) is 14.3. The van der Waals surface area contributed by atoms with Gasteiger partial charge in [-0.05, 0) is 49.4 Å². The Labute approximate surface area is 148 Å². The number of hydrogen-bond acceptors (Lipinski definition) is 5. The summed E-state index contributed by atoms with van der Waals surface area (Å²) in [6.07, 6.45) is 4.79. The molecule has 0 saturated carbocycles. The number of carbonyl (C=O) groups excluding carboxylic acids is 1. The zero-order valence-electron chi connectivity index (χ0n) is 13.5. The van der Waals surface area contributed by atoms with Gasteiger partial charge in [-0.15, -0.1) is 11.3 Å². The van der Waals surface area contributed by atoms with E-state index in [1.54, 1.807) is 18.2 Å². The predicted octanol–water partition coefficient (Wildman–Crippen LogP) is 3.70. The number of carboxylic acid groups (broad SMARTS) is 1. The molecule has 6 nitrogen and oxygen atoms in total. The number of carboxylic acids is 1. The van der Waals surface area contributed by atoms with E-state index in [0.717, 1.165) is 42.5 Å². The minimum Gasteiger partial charge on any atom is -0.478 e. The molecule has 7 heteroatoms. The summed E-state index contributed by atoms with van der Waals surface area (Å²) in [7, 11) is 0. The smallest absolute Gasteiger partial charge is 0.339 e. The van der Waals surface area contributed by atoms with Crippen LogP contribution in [0, 0.1) is 0 Å². The van der Waals surface area contributed by atoms with Crippen LogP contribution in [-0.2, 0) is 12.8 Å². The van der Waals surface area contributed by atoms with Crippen molar-refractivity contribution in [2.24, 2.45) is 0 Å². The third-order valence-electron chi connectivity index (χ3n) is 4.50. The molecule has 2 heterocycles. The molecule has 4 rings (SSSR count). The number of aryl methyl sites for hydroxylation is 1. The molecule has 2 N–H and O–H groups in total. The van der Waals surface area contributed by atoms with Crippen LogP contribution in [0.4, 0.5) is 5.00 Å². The minimum absolute atomic E-state index is 0.140. The molecule has 1 aliphatic heterocycles. The highest BCUT2D eigenvalue weighted by Crippen LogP contribution is 2.38. The summed E-state index contributed by atoms with van der Waals surface area (Å²) in [6, 6.07) is 4.93. The van der Waals surface area contributed by atoms with Gasteiger partial charge in [0, 0.05) is 10.4 Å². The third kappa shape index (κ3) is 2.95. The fraction of sp³-hybridized carbons (Fsp3) is 0.333. The number of hydrogen-bond donors (Lipinski definition) is 2. The van der Waals surface area contributed by atoms with Crippen LogP contribution in [0.1, 0.15) is 50.4 Å². The van der Waals surface area contributed by atoms with Crippen LogP contribution < -0.4 is 14.8 Å². The van der Waals surface area contributed by atoms with Gasteiger partial charge in [0.15, 0.2) is 11.5 Å². The Hall–Kier alpha value is -2.54. The number of thiophene rings is 1. The summed E-state index contributed by atoms with van der Waals surface area (Å²) >= 11 is 1.38. The van der Waals surface area contributed by atoms with E-state index < -0.39 is 5.97 Å². The summed E-state index contributed by atoms with van der Waals surface area (Å²) in [5, 5.41) is 12.8. The summed E-state index contributed by atoms with van der Waals surface area (Å²) in [6.45, 7) is 0.140. The van der Waals surface area contributed by atoms with Crippen LogP contribution in [0.25, 0.3) is 0 Å². The molecule has 1 aromatic carbocycles. The normalized spacial score (nSPS) is 15.4. The first-order valence-electron chi connectivity index (χ1n) is 8.22. The summed E-state index contributed by atoms with van der Waals surface area (Å²) in [5.74, 6) is -0.212. The summed E-state index contributed by atoms with van der Waals surface area (Å²) < 4.78 is 10.5. The molecule has 0 fully saturated rings. The summed E-state index contributed by atoms with van der Waals surface area (Å²) in [5.41, 5.74) is 1.54. The SMILES string of the molecule is O=C(Nc1sc2c(c1C(=O)O)CCCCC2)c1ccc2c(c1)OCO2. The molecule has 0 saturated heterocycles. The average molecular weight is 359 g/mol. The third-order valence-corrected chi connectivity index (χ3v) is 5.70. The molecule has 1 aliphatic carbocycles. The Morgan fingerprint density at radius 2 is 1.88 bits per heavy atom. The fourth-order valence-corrected chi connectivity index (χ4v) is 4.55. The second kappa shape index (κ2) is 6.40. The maximum Gasteiger partial charge on any atom is 0.339 e. The van der Waals surface area contributed by atoms with Crippen LogP contribution >= 0.6 is 11.3 Å². The molecule has 25 heavy (non-hydrogen) atoms. The first-order valence-corrected chi connectivity index (χ1v) is 9.04. The Balaban J connectivity index is 1.64. The van der Waals surface area contributed by atoms with Crippen LogP contribution in [0.3, 0.4) is 0 Å². The number of carbonyl (C=O) groups is 2. The topological polar surface area (TPSA) is 84.9 Å². The minimum atomic E-state index is -0.986. The van der Waals surface area contributed by atoms with Gasteiger partial charge in [0.25, 0.3) is 5.91 Å². The van der Waals surface area contributed by atoms with Crippen LogP contribution in [0.5, 0.6) is 11.5 Å². The lowest BCUT2D eigenvalue weighted by Gasteiger charge is -2.06. The number of rotatable bonds is 3. The Morgan fingerprint density at radius 1 is 1.08 bits per heavy atom. The maximum absolute atomic E-state index is 12.6. The molecule has 130 valence electrons. The van der Waals surface area contributed by atoms with Crippen molar-refractivity contribution in [3.05, 3.63) is 39.8 Å². The van der Waals surface area contributed by atoms with Gasteiger partial charge in [0.05, 0.1) is 5.56 Å². The number of amides is 1. The number of anilines is 1. The van der Waals surface area contributed by atoms with Crippen molar-refractivity contribution in [2.75, 3.05) is 12.1 Å². The second-order valence-electron chi connectivity index (χ2n) is 6.10. The van der Waals surface area contributed by atoms with E-state index in [1.807, 2.05) is 0 Å². The lowest BCUT2D eigenvalue weighted by atomic mass is 10.1. The highest BCUT2D eigenvalue weighted by Gasteiger charge is 2.26. The fourth-order valence-electron chi connectivity index (χ4n) is 3.27.